The maximum absolute atomic E-state index is 12.8. The predicted octanol–water partition coefficient (Wildman–Crippen LogP) is 3.61. The number of phenols is 1. The van der Waals surface area contributed by atoms with Gasteiger partial charge in [0.2, 0.25) is 0 Å². The summed E-state index contributed by atoms with van der Waals surface area (Å²) in [5, 5.41) is 13.9. The quantitative estimate of drug-likeness (QED) is 0.649. The van der Waals surface area contributed by atoms with E-state index in [2.05, 4.69) is 10.5 Å². The Morgan fingerprint density at radius 2 is 2.00 bits per heavy atom. The topological polar surface area (TPSA) is 70.9 Å². The molecule has 0 unspecified atom stereocenters. The van der Waals surface area contributed by atoms with Crippen LogP contribution >= 0.6 is 23.2 Å². The molecule has 8 heteroatoms. The monoisotopic (exact) mass is 356 g/mol. The van der Waals surface area contributed by atoms with Crippen molar-refractivity contribution in [1.82, 2.24) is 5.43 Å². The highest BCUT2D eigenvalue weighted by atomic mass is 35.5. The molecule has 0 heterocycles. The molecular weight excluding hydrogens is 346 g/mol. The molecule has 0 atom stereocenters. The van der Waals surface area contributed by atoms with Crippen LogP contribution in [0.4, 0.5) is 4.39 Å². The third-order valence-corrected chi connectivity index (χ3v) is 3.68. The molecule has 0 radical (unpaired) electrons. The Hall–Kier alpha value is -2.31. The molecule has 2 rings (SSSR count). The van der Waals surface area contributed by atoms with Crippen LogP contribution in [-0.2, 0) is 0 Å². The number of benzene rings is 2. The van der Waals surface area contributed by atoms with Gasteiger partial charge in [-0.15, -0.1) is 0 Å². The molecule has 0 saturated carbocycles. The molecule has 0 spiro atoms. The zero-order chi connectivity index (χ0) is 17.0. The number of amides is 1. The number of nitrogens with zero attached hydrogens (tertiary/aromatic N) is 1. The zero-order valence-electron chi connectivity index (χ0n) is 11.8. The number of hydrogen-bond donors (Lipinski definition) is 2. The van der Waals surface area contributed by atoms with Gasteiger partial charge < -0.3 is 9.84 Å². The lowest BCUT2D eigenvalue weighted by atomic mass is 10.2. The lowest BCUT2D eigenvalue weighted by molar-refractivity contribution is 0.0955. The standard InChI is InChI=1S/C15H11Cl2FN2O3/c1-23-12-6-11(16)13(17)10(14(12)21)7-19-20-15(22)8-2-4-9(18)5-3-8/h2-7,21H,1H3,(H,20,22)/b19-7+. The molecule has 1 amide bonds. The third kappa shape index (κ3) is 3.91. The van der Waals surface area contributed by atoms with E-state index in [1.54, 1.807) is 0 Å². The molecule has 0 bridgehead atoms. The number of halogens is 3. The van der Waals surface area contributed by atoms with Crippen LogP contribution in [0.3, 0.4) is 0 Å². The van der Waals surface area contributed by atoms with Gasteiger partial charge in [-0.3, -0.25) is 4.79 Å². The number of methoxy groups -OCH3 is 1. The van der Waals surface area contributed by atoms with Crippen molar-refractivity contribution in [1.29, 1.82) is 0 Å². The van der Waals surface area contributed by atoms with E-state index in [-0.39, 0.29) is 32.7 Å². The van der Waals surface area contributed by atoms with E-state index in [9.17, 15) is 14.3 Å². The van der Waals surface area contributed by atoms with Gasteiger partial charge in [0.1, 0.15) is 5.82 Å². The minimum absolute atomic E-state index is 0.0600. The molecular formula is C15H11Cl2FN2O3. The highest BCUT2D eigenvalue weighted by Gasteiger charge is 2.15. The minimum atomic E-state index is -0.550. The molecule has 0 aliphatic rings. The van der Waals surface area contributed by atoms with Crippen molar-refractivity contribution >= 4 is 35.3 Å². The van der Waals surface area contributed by atoms with Crippen LogP contribution in [0.2, 0.25) is 10.0 Å². The summed E-state index contributed by atoms with van der Waals surface area (Å²) in [7, 11) is 1.36. The largest absolute Gasteiger partial charge is 0.504 e. The van der Waals surface area contributed by atoms with Crippen LogP contribution in [0, 0.1) is 5.82 Å². The van der Waals surface area contributed by atoms with Gasteiger partial charge in [0, 0.05) is 11.6 Å². The van der Waals surface area contributed by atoms with Crippen LogP contribution in [0.15, 0.2) is 35.4 Å². The van der Waals surface area contributed by atoms with Crippen molar-refractivity contribution < 1.29 is 19.0 Å². The molecule has 2 aromatic rings. The minimum Gasteiger partial charge on any atom is -0.504 e. The Balaban J connectivity index is 2.19. The summed E-state index contributed by atoms with van der Waals surface area (Å²) in [4.78, 5) is 11.8. The molecule has 0 aliphatic carbocycles. The Labute approximate surface area is 141 Å². The van der Waals surface area contributed by atoms with Crippen molar-refractivity contribution in [3.63, 3.8) is 0 Å². The van der Waals surface area contributed by atoms with Gasteiger partial charge in [-0.1, -0.05) is 23.2 Å². The van der Waals surface area contributed by atoms with Crippen molar-refractivity contribution in [2.45, 2.75) is 0 Å². The SMILES string of the molecule is COc1cc(Cl)c(Cl)c(/C=N/NC(=O)c2ccc(F)cc2)c1O. The lowest BCUT2D eigenvalue weighted by Crippen LogP contribution is -2.17. The number of rotatable bonds is 4. The van der Waals surface area contributed by atoms with E-state index in [4.69, 9.17) is 27.9 Å². The number of phenolic OH excluding ortho intramolecular Hbond substituents is 1. The summed E-state index contributed by atoms with van der Waals surface area (Å²) in [5.74, 6) is -1.15. The number of ether oxygens (including phenoxy) is 1. The van der Waals surface area contributed by atoms with Crippen molar-refractivity contribution in [2.75, 3.05) is 7.11 Å². The second-order valence-electron chi connectivity index (χ2n) is 4.34. The Morgan fingerprint density at radius 1 is 1.35 bits per heavy atom. The van der Waals surface area contributed by atoms with Crippen LogP contribution in [0.1, 0.15) is 15.9 Å². The Kier molecular flexibility index (Phi) is 5.41. The summed E-state index contributed by atoms with van der Waals surface area (Å²) < 4.78 is 17.7. The molecule has 0 aromatic heterocycles. The van der Waals surface area contributed by atoms with E-state index in [0.717, 1.165) is 18.3 Å². The molecule has 120 valence electrons. The maximum atomic E-state index is 12.8. The molecule has 5 nitrogen and oxygen atoms in total. The predicted molar refractivity (Wildman–Crippen MR) is 86.1 cm³/mol. The summed E-state index contributed by atoms with van der Waals surface area (Å²) in [6, 6.07) is 6.29. The number of nitrogens with one attached hydrogen (secondary N) is 1. The van der Waals surface area contributed by atoms with Gasteiger partial charge >= 0.3 is 0 Å². The normalized spacial score (nSPS) is 10.8. The average Bonchev–Trinajstić information content (AvgIpc) is 2.54. The zero-order valence-corrected chi connectivity index (χ0v) is 13.3. The summed E-state index contributed by atoms with van der Waals surface area (Å²) >= 11 is 11.9. The fourth-order valence-electron chi connectivity index (χ4n) is 1.71. The van der Waals surface area contributed by atoms with Crippen LogP contribution in [0.25, 0.3) is 0 Å². The number of aromatic hydroxyl groups is 1. The van der Waals surface area contributed by atoms with Crippen LogP contribution < -0.4 is 10.2 Å². The third-order valence-electron chi connectivity index (χ3n) is 2.88. The summed E-state index contributed by atoms with van der Waals surface area (Å²) in [6.07, 6.45) is 1.13. The molecule has 0 aliphatic heterocycles. The van der Waals surface area contributed by atoms with E-state index in [1.165, 1.54) is 25.3 Å². The van der Waals surface area contributed by atoms with Gasteiger partial charge in [0.05, 0.1) is 28.9 Å². The van der Waals surface area contributed by atoms with Gasteiger partial charge in [0.25, 0.3) is 5.91 Å². The highest BCUT2D eigenvalue weighted by molar-refractivity contribution is 6.43. The molecule has 0 fully saturated rings. The highest BCUT2D eigenvalue weighted by Crippen LogP contribution is 2.38. The van der Waals surface area contributed by atoms with Crippen LogP contribution in [-0.4, -0.2) is 24.3 Å². The van der Waals surface area contributed by atoms with E-state index >= 15 is 0 Å². The summed E-state index contributed by atoms with van der Waals surface area (Å²) in [5.41, 5.74) is 2.55. The smallest absolute Gasteiger partial charge is 0.271 e. The second-order valence-corrected chi connectivity index (χ2v) is 5.13. The number of hydrogen-bond acceptors (Lipinski definition) is 4. The van der Waals surface area contributed by atoms with E-state index in [0.29, 0.717) is 0 Å². The number of carbonyl (C=O) groups is 1. The van der Waals surface area contributed by atoms with Crippen LogP contribution in [0.5, 0.6) is 11.5 Å². The Morgan fingerprint density at radius 3 is 2.61 bits per heavy atom. The van der Waals surface area contributed by atoms with Crippen molar-refractivity contribution in [3.8, 4) is 11.5 Å². The molecule has 23 heavy (non-hydrogen) atoms. The number of carbonyl (C=O) groups excluding carboxylic acids is 1. The second kappa shape index (κ2) is 7.30. The van der Waals surface area contributed by atoms with Gasteiger partial charge in [-0.25, -0.2) is 9.82 Å². The summed E-state index contributed by atoms with van der Waals surface area (Å²) in [6.45, 7) is 0. The first-order valence-corrected chi connectivity index (χ1v) is 7.03. The lowest BCUT2D eigenvalue weighted by Gasteiger charge is -2.09. The van der Waals surface area contributed by atoms with E-state index < -0.39 is 11.7 Å². The first kappa shape index (κ1) is 17.1. The maximum Gasteiger partial charge on any atom is 0.271 e. The van der Waals surface area contributed by atoms with Gasteiger partial charge in [0.15, 0.2) is 11.5 Å². The first-order valence-electron chi connectivity index (χ1n) is 6.28. The molecule has 2 aromatic carbocycles. The fourth-order valence-corrected chi connectivity index (χ4v) is 2.10. The first-order chi connectivity index (χ1) is 10.9. The van der Waals surface area contributed by atoms with Crippen molar-refractivity contribution in [3.05, 3.63) is 57.3 Å². The van der Waals surface area contributed by atoms with Crippen molar-refractivity contribution in [2.24, 2.45) is 5.10 Å². The average molecular weight is 357 g/mol. The van der Waals surface area contributed by atoms with E-state index in [1.807, 2.05) is 0 Å². The Bertz CT molecular complexity index is 764. The van der Waals surface area contributed by atoms with Gasteiger partial charge in [-0.05, 0) is 24.3 Å². The fraction of sp³-hybridized carbons (Fsp3) is 0.0667. The number of hydrazone groups is 1. The molecule has 2 N–H and O–H groups in total. The molecule has 0 saturated heterocycles. The van der Waals surface area contributed by atoms with Gasteiger partial charge in [-0.2, -0.15) is 5.10 Å².